The van der Waals surface area contributed by atoms with Crippen molar-refractivity contribution in [3.8, 4) is 0 Å². The number of ketones is 1. The van der Waals surface area contributed by atoms with Crippen molar-refractivity contribution in [3.63, 3.8) is 0 Å². The third kappa shape index (κ3) is 7.07. The summed E-state index contributed by atoms with van der Waals surface area (Å²) in [6.45, 7) is 12.6. The highest BCUT2D eigenvalue weighted by Crippen LogP contribution is 2.66. The Labute approximate surface area is 255 Å². The van der Waals surface area contributed by atoms with E-state index in [1.54, 1.807) is 17.3 Å². The molecule has 5 rings (SSSR count). The molecular formula is C32H50N4O5S. The molecule has 2 bridgehead atoms. The van der Waals surface area contributed by atoms with Crippen LogP contribution in [-0.2, 0) is 19.1 Å². The van der Waals surface area contributed by atoms with E-state index in [-0.39, 0.29) is 53.5 Å². The highest BCUT2D eigenvalue weighted by molar-refractivity contribution is 7.09. The van der Waals surface area contributed by atoms with Gasteiger partial charge in [-0.2, -0.15) is 0 Å². The van der Waals surface area contributed by atoms with Crippen molar-refractivity contribution < 1.29 is 23.9 Å². The zero-order valence-corrected chi connectivity index (χ0v) is 27.5. The molecule has 0 spiro atoms. The number of thiazole rings is 1. The number of nitrogens with one attached hydrogen (secondary N) is 1. The average Bonchev–Trinajstić information content (AvgIpc) is 3.37. The second kappa shape index (κ2) is 12.7. The van der Waals surface area contributed by atoms with Gasteiger partial charge in [-0.1, -0.05) is 41.0 Å². The first-order chi connectivity index (χ1) is 19.6. The van der Waals surface area contributed by atoms with Crippen molar-refractivity contribution >= 4 is 34.9 Å². The van der Waals surface area contributed by atoms with Gasteiger partial charge >= 0.3 is 5.97 Å². The van der Waals surface area contributed by atoms with E-state index in [2.05, 4.69) is 22.1 Å². The third-order valence-corrected chi connectivity index (χ3v) is 10.7. The zero-order chi connectivity index (χ0) is 31.0. The number of ether oxygens (including phenoxy) is 1. The second-order valence-corrected chi connectivity index (χ2v) is 15.1. The van der Waals surface area contributed by atoms with E-state index < -0.39 is 18.0 Å². The molecule has 0 radical (unpaired) electrons. The summed E-state index contributed by atoms with van der Waals surface area (Å²) in [5.74, 6) is -0.942. The summed E-state index contributed by atoms with van der Waals surface area (Å²) in [6, 6.07) is -0.389. The smallest absolute Gasteiger partial charge is 0.303 e. The summed E-state index contributed by atoms with van der Waals surface area (Å²) in [5, 5.41) is 5.43. The maximum absolute atomic E-state index is 13.9. The van der Waals surface area contributed by atoms with Gasteiger partial charge in [0.1, 0.15) is 10.7 Å². The number of likely N-dealkylation sites (tertiary alicyclic amines) is 1. The fraction of sp³-hybridized carbons (Fsp3) is 0.781. The minimum absolute atomic E-state index is 0.00132. The molecule has 2 heterocycles. The predicted octanol–water partition coefficient (Wildman–Crippen LogP) is 5.01. The number of carbonyl (C=O) groups excluding carboxylic acids is 4. The number of nitrogens with zero attached hydrogens (tertiary/aromatic N) is 3. The Morgan fingerprint density at radius 1 is 1.14 bits per heavy atom. The van der Waals surface area contributed by atoms with Crippen LogP contribution in [0, 0.1) is 23.2 Å². The van der Waals surface area contributed by atoms with Crippen LogP contribution in [0.1, 0.15) is 115 Å². The van der Waals surface area contributed by atoms with E-state index in [0.717, 1.165) is 45.1 Å². The van der Waals surface area contributed by atoms with Gasteiger partial charge in [-0.15, -0.1) is 11.3 Å². The molecule has 1 N–H and O–H groups in total. The van der Waals surface area contributed by atoms with E-state index in [1.807, 2.05) is 34.7 Å². The molecule has 2 amide bonds. The highest BCUT2D eigenvalue weighted by atomic mass is 32.1. The highest BCUT2D eigenvalue weighted by Gasteiger charge is 2.65. The van der Waals surface area contributed by atoms with Crippen LogP contribution in [0.4, 0.5) is 0 Å². The summed E-state index contributed by atoms with van der Waals surface area (Å²) < 4.78 is 5.74. The van der Waals surface area contributed by atoms with E-state index in [9.17, 15) is 19.2 Å². The van der Waals surface area contributed by atoms with Crippen LogP contribution in [0.5, 0.6) is 0 Å². The molecule has 1 aromatic heterocycles. The molecule has 1 saturated heterocycles. The summed E-state index contributed by atoms with van der Waals surface area (Å²) >= 11 is 1.30. The number of Topliss-reactive ketones (excluding diaryl/α,β-unsaturated/α-hetero) is 1. The number of esters is 1. The van der Waals surface area contributed by atoms with Gasteiger partial charge in [0.2, 0.25) is 5.91 Å². The topological polar surface area (TPSA) is 109 Å². The van der Waals surface area contributed by atoms with Gasteiger partial charge in [0.05, 0.1) is 6.04 Å². The molecule has 3 aliphatic carbocycles. The fourth-order valence-corrected chi connectivity index (χ4v) is 8.48. The maximum Gasteiger partial charge on any atom is 0.303 e. The van der Waals surface area contributed by atoms with Gasteiger partial charge in [0.25, 0.3) is 5.91 Å². The Morgan fingerprint density at radius 3 is 2.36 bits per heavy atom. The molecule has 4 atom stereocenters. The van der Waals surface area contributed by atoms with Crippen molar-refractivity contribution in [2.75, 3.05) is 20.6 Å². The molecule has 0 unspecified atom stereocenters. The number of rotatable bonds is 13. The Kier molecular flexibility index (Phi) is 9.87. The Morgan fingerprint density at radius 2 is 1.81 bits per heavy atom. The largest absolute Gasteiger partial charge is 0.455 e. The molecule has 1 aliphatic heterocycles. The summed E-state index contributed by atoms with van der Waals surface area (Å²) in [5.41, 5.74) is 0.626. The molecule has 42 heavy (non-hydrogen) atoms. The van der Waals surface area contributed by atoms with Crippen LogP contribution in [0.3, 0.4) is 0 Å². The van der Waals surface area contributed by atoms with Crippen molar-refractivity contribution in [2.45, 2.75) is 117 Å². The monoisotopic (exact) mass is 602 g/mol. The van der Waals surface area contributed by atoms with Crippen molar-refractivity contribution in [1.82, 2.24) is 20.1 Å². The fourth-order valence-electron chi connectivity index (χ4n) is 7.64. The van der Waals surface area contributed by atoms with Gasteiger partial charge in [0, 0.05) is 49.7 Å². The normalized spacial score (nSPS) is 27.4. The van der Waals surface area contributed by atoms with Gasteiger partial charge in [-0.25, -0.2) is 4.98 Å². The van der Waals surface area contributed by atoms with Crippen molar-refractivity contribution in [1.29, 1.82) is 0 Å². The van der Waals surface area contributed by atoms with Gasteiger partial charge in [-0.05, 0) is 62.9 Å². The zero-order valence-electron chi connectivity index (χ0n) is 26.7. The standard InChI is InChI=1S/C32H50N4O5S/c1-19(2)22(13-26(38)24-11-9-10-12-35(24)7)30(40)36(8)25(20(3)4)14-27(41-21(5)37)29-33-23(15-42-29)28(39)34-32-16-31(6,17-32)18-32/h15,19-20,22,24-25,27H,9-14,16-18H2,1-8H3,(H,34,39)/t22-,24+,25+,27+,31?,32?/m0/s1. The number of aromatic nitrogens is 1. The van der Waals surface area contributed by atoms with E-state index in [0.29, 0.717) is 22.5 Å². The van der Waals surface area contributed by atoms with Gasteiger partial charge in [0.15, 0.2) is 11.9 Å². The molecule has 1 aromatic rings. The van der Waals surface area contributed by atoms with E-state index >= 15 is 0 Å². The molecule has 234 valence electrons. The lowest BCUT2D eigenvalue weighted by molar-refractivity contribution is -0.149. The van der Waals surface area contributed by atoms with Crippen LogP contribution in [0.2, 0.25) is 0 Å². The molecule has 9 nitrogen and oxygen atoms in total. The maximum atomic E-state index is 13.9. The first-order valence-corrected chi connectivity index (χ1v) is 16.5. The first-order valence-electron chi connectivity index (χ1n) is 15.6. The Bertz CT molecular complexity index is 1160. The lowest BCUT2D eigenvalue weighted by Crippen LogP contribution is -2.73. The minimum Gasteiger partial charge on any atom is -0.455 e. The number of amides is 2. The lowest BCUT2D eigenvalue weighted by Gasteiger charge is -2.69. The number of hydrogen-bond donors (Lipinski definition) is 1. The van der Waals surface area contributed by atoms with Crippen LogP contribution in [0.15, 0.2) is 5.38 Å². The van der Waals surface area contributed by atoms with Crippen molar-refractivity contribution in [2.24, 2.45) is 23.2 Å². The first kappa shape index (κ1) is 32.6. The van der Waals surface area contributed by atoms with Crippen molar-refractivity contribution in [3.05, 3.63) is 16.1 Å². The Balaban J connectivity index is 1.46. The minimum atomic E-state index is -0.694. The third-order valence-electron chi connectivity index (χ3n) is 9.77. The molecule has 3 saturated carbocycles. The van der Waals surface area contributed by atoms with Crippen LogP contribution in [-0.4, -0.2) is 76.6 Å². The quantitative estimate of drug-likeness (QED) is 0.316. The Hall–Kier alpha value is -2.33. The SMILES string of the molecule is CC(=O)O[C@H](C[C@H](C(C)C)N(C)C(=O)[C@@H](CC(=O)[C@H]1CCCCN1C)C(C)C)c1nc(C(=O)NC23CC(C)(C2)C3)cs1. The molecule has 10 heteroatoms. The predicted molar refractivity (Wildman–Crippen MR) is 163 cm³/mol. The van der Waals surface area contributed by atoms with Crippen LogP contribution in [0.25, 0.3) is 0 Å². The number of hydrogen-bond acceptors (Lipinski definition) is 8. The summed E-state index contributed by atoms with van der Waals surface area (Å²) in [4.78, 5) is 60.8. The molecular weight excluding hydrogens is 552 g/mol. The summed E-state index contributed by atoms with van der Waals surface area (Å²) in [6.07, 6.45) is 5.88. The number of likely N-dealkylation sites (N-methyl/N-ethyl adjacent to an activating group) is 1. The lowest BCUT2D eigenvalue weighted by atomic mass is 9.40. The summed E-state index contributed by atoms with van der Waals surface area (Å²) in [7, 11) is 3.78. The van der Waals surface area contributed by atoms with E-state index in [1.165, 1.54) is 18.3 Å². The molecule has 4 aliphatic rings. The van der Waals surface area contributed by atoms with Crippen LogP contribution >= 0.6 is 11.3 Å². The van der Waals surface area contributed by atoms with Gasteiger partial charge in [-0.3, -0.25) is 24.1 Å². The average molecular weight is 603 g/mol. The molecule has 0 aromatic carbocycles. The number of carbonyl (C=O) groups is 4. The molecule has 4 fully saturated rings. The number of piperidine rings is 1. The van der Waals surface area contributed by atoms with E-state index in [4.69, 9.17) is 4.74 Å². The second-order valence-electron chi connectivity index (χ2n) is 14.3. The van der Waals surface area contributed by atoms with Gasteiger partial charge < -0.3 is 15.0 Å². The van der Waals surface area contributed by atoms with Crippen LogP contribution < -0.4 is 5.32 Å².